The Hall–Kier alpha value is -2.65. The summed E-state index contributed by atoms with van der Waals surface area (Å²) >= 11 is 3.15. The van der Waals surface area contributed by atoms with Crippen molar-refractivity contribution in [2.75, 3.05) is 16.0 Å². The van der Waals surface area contributed by atoms with E-state index in [1.54, 1.807) is 16.2 Å². The van der Waals surface area contributed by atoms with E-state index in [0.717, 1.165) is 35.9 Å². The summed E-state index contributed by atoms with van der Waals surface area (Å²) in [7, 11) is 0. The quantitative estimate of drug-likeness (QED) is 0.568. The van der Waals surface area contributed by atoms with E-state index in [4.69, 9.17) is 0 Å². The molecule has 0 spiro atoms. The lowest BCUT2D eigenvalue weighted by Crippen LogP contribution is -2.40. The van der Waals surface area contributed by atoms with E-state index in [2.05, 4.69) is 31.5 Å². The molecule has 3 aromatic rings. The summed E-state index contributed by atoms with van der Waals surface area (Å²) in [6.45, 7) is 1.91. The Balaban J connectivity index is 1.35. The van der Waals surface area contributed by atoms with Crippen molar-refractivity contribution in [3.8, 4) is 0 Å². The molecule has 1 saturated carbocycles. The molecule has 0 bridgehead atoms. The van der Waals surface area contributed by atoms with E-state index < -0.39 is 0 Å². The maximum Gasteiger partial charge on any atom is 0.237 e. The molecule has 31 heavy (non-hydrogen) atoms. The number of thioether (sulfide) groups is 1. The van der Waals surface area contributed by atoms with Crippen LogP contribution in [0.15, 0.2) is 46.9 Å². The number of para-hydroxylation sites is 2. The topological polar surface area (TPSA) is 80.1 Å². The summed E-state index contributed by atoms with van der Waals surface area (Å²) in [6.07, 6.45) is 3.29. The average molecular weight is 454 g/mol. The van der Waals surface area contributed by atoms with Gasteiger partial charge in [-0.3, -0.25) is 9.59 Å². The van der Waals surface area contributed by atoms with Crippen LogP contribution in [0, 0.1) is 0 Å². The molecule has 1 atom stereocenters. The molecule has 9 heteroatoms. The van der Waals surface area contributed by atoms with E-state index in [9.17, 15) is 9.59 Å². The van der Waals surface area contributed by atoms with Gasteiger partial charge in [-0.2, -0.15) is 0 Å². The highest BCUT2D eigenvalue weighted by Crippen LogP contribution is 2.39. The van der Waals surface area contributed by atoms with Gasteiger partial charge in [-0.15, -0.1) is 21.5 Å². The summed E-state index contributed by atoms with van der Waals surface area (Å²) in [4.78, 5) is 28.5. The first-order chi connectivity index (χ1) is 15.1. The molecule has 2 aliphatic rings. The molecule has 1 fully saturated rings. The molecule has 2 aromatic heterocycles. The molecule has 3 heterocycles. The van der Waals surface area contributed by atoms with Crippen molar-refractivity contribution in [1.29, 1.82) is 0 Å². The number of fused-ring (bicyclic) bond motifs is 1. The molecule has 7 nitrogen and oxygen atoms in total. The second kappa shape index (κ2) is 8.47. The summed E-state index contributed by atoms with van der Waals surface area (Å²) in [5, 5.41) is 14.6. The number of rotatable bonds is 6. The van der Waals surface area contributed by atoms with E-state index in [1.165, 1.54) is 16.6 Å². The highest BCUT2D eigenvalue weighted by atomic mass is 32.2. The van der Waals surface area contributed by atoms with Crippen molar-refractivity contribution >= 4 is 46.3 Å². The van der Waals surface area contributed by atoms with Gasteiger partial charge in [0.05, 0.1) is 17.1 Å². The van der Waals surface area contributed by atoms with E-state index in [-0.39, 0.29) is 30.0 Å². The largest absolute Gasteiger partial charge is 0.324 e. The third-order valence-electron chi connectivity index (χ3n) is 5.51. The number of carbonyl (C=O) groups is 2. The Morgan fingerprint density at radius 3 is 2.84 bits per heavy atom. The van der Waals surface area contributed by atoms with Crippen molar-refractivity contribution in [2.24, 2.45) is 0 Å². The fourth-order valence-electron chi connectivity index (χ4n) is 3.96. The Labute approximate surface area is 188 Å². The van der Waals surface area contributed by atoms with E-state index >= 15 is 0 Å². The first-order valence-electron chi connectivity index (χ1n) is 10.4. The number of nitrogens with one attached hydrogen (secondary N) is 1. The molecule has 0 saturated heterocycles. The predicted molar refractivity (Wildman–Crippen MR) is 123 cm³/mol. The van der Waals surface area contributed by atoms with Gasteiger partial charge in [-0.25, -0.2) is 0 Å². The van der Waals surface area contributed by atoms with Crippen LogP contribution in [0.3, 0.4) is 0 Å². The Morgan fingerprint density at radius 1 is 1.23 bits per heavy atom. The number of hydrogen-bond donors (Lipinski definition) is 1. The van der Waals surface area contributed by atoms with Gasteiger partial charge in [-0.1, -0.05) is 30.0 Å². The molecular weight excluding hydrogens is 430 g/mol. The van der Waals surface area contributed by atoms with Crippen LogP contribution in [0.5, 0.6) is 0 Å². The third-order valence-corrected chi connectivity index (χ3v) is 7.32. The maximum absolute atomic E-state index is 13.3. The van der Waals surface area contributed by atoms with Gasteiger partial charge >= 0.3 is 0 Å². The molecule has 2 amide bonds. The fraction of sp³-hybridized carbons (Fsp3) is 0.364. The first-order valence-corrected chi connectivity index (χ1v) is 12.3. The van der Waals surface area contributed by atoms with Crippen LogP contribution in [0.2, 0.25) is 0 Å². The van der Waals surface area contributed by atoms with Gasteiger partial charge in [0.25, 0.3) is 0 Å². The van der Waals surface area contributed by atoms with Crippen LogP contribution in [-0.2, 0) is 16.0 Å². The van der Waals surface area contributed by atoms with Crippen molar-refractivity contribution in [1.82, 2.24) is 14.8 Å². The average Bonchev–Trinajstić information content (AvgIpc) is 3.33. The van der Waals surface area contributed by atoms with E-state index in [0.29, 0.717) is 11.7 Å². The Morgan fingerprint density at radius 2 is 2.06 bits per heavy atom. The highest BCUT2D eigenvalue weighted by molar-refractivity contribution is 7.99. The van der Waals surface area contributed by atoms with Crippen LogP contribution < -0.4 is 10.2 Å². The van der Waals surface area contributed by atoms with E-state index in [1.807, 2.05) is 37.3 Å². The van der Waals surface area contributed by atoms with Gasteiger partial charge in [0.15, 0.2) is 5.16 Å². The number of hydrogen-bond acceptors (Lipinski definition) is 6. The van der Waals surface area contributed by atoms with Gasteiger partial charge in [0, 0.05) is 29.8 Å². The lowest BCUT2D eigenvalue weighted by molar-refractivity contribution is -0.117. The van der Waals surface area contributed by atoms with Crippen LogP contribution >= 0.6 is 23.1 Å². The minimum absolute atomic E-state index is 0.0356. The minimum atomic E-state index is -0.215. The number of nitrogens with zero attached hydrogens (tertiary/aromatic N) is 4. The number of anilines is 2. The van der Waals surface area contributed by atoms with Gasteiger partial charge in [-0.05, 0) is 43.3 Å². The molecule has 160 valence electrons. The normalized spacial score (nSPS) is 18.4. The molecular formula is C22H23N5O2S2. The lowest BCUT2D eigenvalue weighted by Gasteiger charge is -2.27. The standard InChI is InChI=1S/C22H23N5O2S2/c1-14-11-20(28)23-17-6-2-3-7-18(17)26(14)21(29)13-31-22-25-24-19(27(22)15-8-9-15)12-16-5-4-10-30-16/h2-7,10,14-15H,8-9,11-13H2,1H3,(H,23,28)/t14-/m0/s1. The summed E-state index contributed by atoms with van der Waals surface area (Å²) in [5.74, 6) is 1.10. The lowest BCUT2D eigenvalue weighted by atomic mass is 10.2. The molecule has 1 aromatic carbocycles. The fourth-order valence-corrected chi connectivity index (χ4v) is 5.54. The second-order valence-electron chi connectivity index (χ2n) is 7.93. The molecule has 0 unspecified atom stereocenters. The van der Waals surface area contributed by atoms with Crippen molar-refractivity contribution in [2.45, 2.75) is 49.8 Å². The molecule has 1 aliphatic carbocycles. The maximum atomic E-state index is 13.3. The second-order valence-corrected chi connectivity index (χ2v) is 9.90. The van der Waals surface area contributed by atoms with Crippen molar-refractivity contribution < 1.29 is 9.59 Å². The van der Waals surface area contributed by atoms with Crippen LogP contribution in [-0.4, -0.2) is 38.4 Å². The number of aromatic nitrogens is 3. The van der Waals surface area contributed by atoms with Crippen LogP contribution in [0.4, 0.5) is 11.4 Å². The van der Waals surface area contributed by atoms with Gasteiger partial charge in [0.2, 0.25) is 11.8 Å². The number of amides is 2. The van der Waals surface area contributed by atoms with Crippen LogP contribution in [0.25, 0.3) is 0 Å². The third kappa shape index (κ3) is 4.24. The molecule has 1 aliphatic heterocycles. The van der Waals surface area contributed by atoms with Gasteiger partial charge in [0.1, 0.15) is 5.82 Å². The highest BCUT2D eigenvalue weighted by Gasteiger charge is 2.32. The smallest absolute Gasteiger partial charge is 0.237 e. The van der Waals surface area contributed by atoms with Crippen molar-refractivity contribution in [3.63, 3.8) is 0 Å². The molecule has 0 radical (unpaired) electrons. The molecule has 1 N–H and O–H groups in total. The predicted octanol–water partition coefficient (Wildman–Crippen LogP) is 4.12. The summed E-state index contributed by atoms with van der Waals surface area (Å²) in [5.41, 5.74) is 1.42. The summed E-state index contributed by atoms with van der Waals surface area (Å²) in [6, 6.07) is 11.8. The number of thiophene rings is 1. The Bertz CT molecular complexity index is 1110. The minimum Gasteiger partial charge on any atom is -0.324 e. The number of benzene rings is 1. The SMILES string of the molecule is C[C@H]1CC(=O)Nc2ccccc2N1C(=O)CSc1nnc(Cc2cccs2)n1C1CC1. The zero-order chi connectivity index (χ0) is 21.4. The van der Waals surface area contributed by atoms with Crippen molar-refractivity contribution in [3.05, 3.63) is 52.5 Å². The monoisotopic (exact) mass is 453 g/mol. The zero-order valence-electron chi connectivity index (χ0n) is 17.2. The van der Waals surface area contributed by atoms with Crippen LogP contribution in [0.1, 0.15) is 42.9 Å². The van der Waals surface area contributed by atoms with Gasteiger partial charge < -0.3 is 14.8 Å². The zero-order valence-corrected chi connectivity index (χ0v) is 18.8. The Kier molecular flexibility index (Phi) is 5.54. The molecule has 5 rings (SSSR count). The first kappa shape index (κ1) is 20.3. The summed E-state index contributed by atoms with van der Waals surface area (Å²) < 4.78 is 2.21. The number of carbonyl (C=O) groups excluding carboxylic acids is 2.